The summed E-state index contributed by atoms with van der Waals surface area (Å²) in [5.74, 6) is 0. The molecule has 0 spiro atoms. The Morgan fingerprint density at radius 2 is 2.00 bits per heavy atom. The quantitative estimate of drug-likeness (QED) is 0.676. The molecule has 4 N–H and O–H groups in total. The van der Waals surface area contributed by atoms with E-state index < -0.39 is 10.0 Å². The van der Waals surface area contributed by atoms with Crippen LogP contribution in [-0.2, 0) is 10.0 Å². The topological polar surface area (TPSA) is 84.2 Å². The highest BCUT2D eigenvalue weighted by atomic mass is 32.2. The number of hydrogen-bond acceptors (Lipinski definition) is 4. The maximum atomic E-state index is 11.9. The lowest BCUT2D eigenvalue weighted by Gasteiger charge is -2.20. The first-order valence-electron chi connectivity index (χ1n) is 6.54. The summed E-state index contributed by atoms with van der Waals surface area (Å²) in [5, 5.41) is 3.23. The third-order valence-corrected chi connectivity index (χ3v) is 4.47. The molecule has 0 amide bonds. The molecule has 0 bridgehead atoms. The van der Waals surface area contributed by atoms with Crippen LogP contribution in [-0.4, -0.2) is 28.1 Å². The van der Waals surface area contributed by atoms with E-state index in [4.69, 9.17) is 5.73 Å². The van der Waals surface area contributed by atoms with Crippen molar-refractivity contribution in [2.45, 2.75) is 37.1 Å². The monoisotopic (exact) mass is 285 g/mol. The number of unbranched alkanes of at least 4 members (excludes halogenated alkanes) is 1. The first-order chi connectivity index (χ1) is 9.05. The zero-order valence-electron chi connectivity index (χ0n) is 11.5. The predicted molar refractivity (Wildman–Crippen MR) is 78.7 cm³/mol. The summed E-state index contributed by atoms with van der Waals surface area (Å²) >= 11 is 0. The summed E-state index contributed by atoms with van der Waals surface area (Å²) in [6.45, 7) is 2.60. The van der Waals surface area contributed by atoms with Crippen LogP contribution < -0.4 is 15.8 Å². The molecule has 19 heavy (non-hydrogen) atoms. The minimum atomic E-state index is -3.46. The number of anilines is 1. The van der Waals surface area contributed by atoms with E-state index in [2.05, 4.69) is 17.0 Å². The normalized spacial score (nSPS) is 13.2. The lowest BCUT2D eigenvalue weighted by atomic mass is 10.1. The Balaban J connectivity index is 2.94. The second kappa shape index (κ2) is 7.47. The first kappa shape index (κ1) is 15.9. The number of hydrogen-bond donors (Lipinski definition) is 3. The average Bonchev–Trinajstić information content (AvgIpc) is 2.43. The Labute approximate surface area is 115 Å². The summed E-state index contributed by atoms with van der Waals surface area (Å²) in [6.07, 6.45) is 3.09. The van der Waals surface area contributed by atoms with Gasteiger partial charge in [-0.3, -0.25) is 0 Å². The molecule has 1 atom stereocenters. The second-order valence-electron chi connectivity index (χ2n) is 4.42. The maximum absolute atomic E-state index is 11.9. The molecule has 0 saturated heterocycles. The van der Waals surface area contributed by atoms with Crippen LogP contribution in [0.3, 0.4) is 0 Å². The van der Waals surface area contributed by atoms with Gasteiger partial charge in [0.05, 0.1) is 5.69 Å². The van der Waals surface area contributed by atoms with E-state index >= 15 is 0 Å². The number of benzene rings is 1. The lowest BCUT2D eigenvalue weighted by Crippen LogP contribution is -2.30. The van der Waals surface area contributed by atoms with E-state index in [-0.39, 0.29) is 10.9 Å². The Morgan fingerprint density at radius 3 is 2.58 bits per heavy atom. The Hall–Kier alpha value is -1.11. The van der Waals surface area contributed by atoms with Crippen LogP contribution in [0.4, 0.5) is 5.69 Å². The molecule has 0 aliphatic heterocycles. The van der Waals surface area contributed by atoms with Gasteiger partial charge < -0.3 is 11.1 Å². The van der Waals surface area contributed by atoms with E-state index in [1.807, 2.05) is 6.07 Å². The van der Waals surface area contributed by atoms with Gasteiger partial charge in [-0.15, -0.1) is 0 Å². The van der Waals surface area contributed by atoms with Gasteiger partial charge in [-0.2, -0.15) is 0 Å². The largest absolute Gasteiger partial charge is 0.380 e. The number of para-hydroxylation sites is 1. The Morgan fingerprint density at radius 1 is 1.32 bits per heavy atom. The molecule has 0 aromatic heterocycles. The zero-order valence-corrected chi connectivity index (χ0v) is 12.3. The van der Waals surface area contributed by atoms with Crippen molar-refractivity contribution in [2.24, 2.45) is 5.73 Å². The Kier molecular flexibility index (Phi) is 6.27. The van der Waals surface area contributed by atoms with Crippen molar-refractivity contribution in [3.8, 4) is 0 Å². The van der Waals surface area contributed by atoms with Crippen molar-refractivity contribution in [2.75, 3.05) is 18.9 Å². The van der Waals surface area contributed by atoms with Crippen LogP contribution in [0, 0.1) is 0 Å². The summed E-state index contributed by atoms with van der Waals surface area (Å²) in [6, 6.07) is 6.96. The van der Waals surface area contributed by atoms with E-state index in [0.29, 0.717) is 12.2 Å². The summed E-state index contributed by atoms with van der Waals surface area (Å²) in [4.78, 5) is 0.257. The van der Waals surface area contributed by atoms with Crippen LogP contribution in [0.2, 0.25) is 0 Å². The fourth-order valence-electron chi connectivity index (χ4n) is 1.85. The molecule has 6 heteroatoms. The fraction of sp³-hybridized carbons (Fsp3) is 0.538. The molecule has 1 rings (SSSR count). The van der Waals surface area contributed by atoms with E-state index in [1.165, 1.54) is 7.05 Å². The highest BCUT2D eigenvalue weighted by Crippen LogP contribution is 2.21. The van der Waals surface area contributed by atoms with Gasteiger partial charge in [0.25, 0.3) is 0 Å². The maximum Gasteiger partial charge on any atom is 0.242 e. The number of nitrogens with two attached hydrogens (primary N) is 1. The van der Waals surface area contributed by atoms with E-state index in [1.54, 1.807) is 18.2 Å². The van der Waals surface area contributed by atoms with Gasteiger partial charge in [0, 0.05) is 12.6 Å². The molecule has 1 aromatic carbocycles. The molecule has 0 fully saturated rings. The Bertz CT molecular complexity index is 488. The number of nitrogens with one attached hydrogen (secondary N) is 2. The molecule has 1 unspecified atom stereocenters. The minimum Gasteiger partial charge on any atom is -0.380 e. The van der Waals surface area contributed by atoms with Crippen molar-refractivity contribution in [1.82, 2.24) is 4.72 Å². The van der Waals surface area contributed by atoms with Gasteiger partial charge in [0.1, 0.15) is 4.90 Å². The lowest BCUT2D eigenvalue weighted by molar-refractivity contribution is 0.587. The summed E-state index contributed by atoms with van der Waals surface area (Å²) in [7, 11) is -2.05. The summed E-state index contributed by atoms with van der Waals surface area (Å²) < 4.78 is 26.2. The van der Waals surface area contributed by atoms with Crippen molar-refractivity contribution >= 4 is 15.7 Å². The molecule has 1 aromatic rings. The SMILES string of the molecule is CCCCC(CN)Nc1ccccc1S(=O)(=O)NC. The number of sulfonamides is 1. The average molecular weight is 285 g/mol. The third-order valence-electron chi connectivity index (χ3n) is 3.00. The van der Waals surface area contributed by atoms with Crippen molar-refractivity contribution in [3.63, 3.8) is 0 Å². The summed E-state index contributed by atoms with van der Waals surface area (Å²) in [5.41, 5.74) is 6.33. The van der Waals surface area contributed by atoms with E-state index in [9.17, 15) is 8.42 Å². The minimum absolute atomic E-state index is 0.0909. The standard InChI is InChI=1S/C13H23N3O2S/c1-3-4-7-11(10-14)16-12-8-5-6-9-13(12)19(17,18)15-2/h5-6,8-9,11,15-16H,3-4,7,10,14H2,1-2H3. The van der Waals surface area contributed by atoms with Gasteiger partial charge in [-0.05, 0) is 25.6 Å². The smallest absolute Gasteiger partial charge is 0.242 e. The molecule has 0 radical (unpaired) electrons. The van der Waals surface area contributed by atoms with Crippen LogP contribution in [0.25, 0.3) is 0 Å². The first-order valence-corrected chi connectivity index (χ1v) is 8.02. The zero-order chi connectivity index (χ0) is 14.3. The number of rotatable bonds is 8. The highest BCUT2D eigenvalue weighted by molar-refractivity contribution is 7.89. The van der Waals surface area contributed by atoms with Gasteiger partial charge in [0.15, 0.2) is 0 Å². The molecule has 0 aliphatic carbocycles. The molecular formula is C13H23N3O2S. The van der Waals surface area contributed by atoms with Crippen molar-refractivity contribution in [3.05, 3.63) is 24.3 Å². The molecule has 108 valence electrons. The second-order valence-corrected chi connectivity index (χ2v) is 6.28. The molecule has 0 aliphatic rings. The molecule has 5 nitrogen and oxygen atoms in total. The van der Waals surface area contributed by atoms with Crippen molar-refractivity contribution < 1.29 is 8.42 Å². The fourth-order valence-corrected chi connectivity index (χ4v) is 2.74. The van der Waals surface area contributed by atoms with Crippen LogP contribution in [0.5, 0.6) is 0 Å². The van der Waals surface area contributed by atoms with Crippen LogP contribution in [0.1, 0.15) is 26.2 Å². The molecule has 0 saturated carbocycles. The molecular weight excluding hydrogens is 262 g/mol. The van der Waals surface area contributed by atoms with Crippen LogP contribution in [0.15, 0.2) is 29.2 Å². The van der Waals surface area contributed by atoms with Crippen molar-refractivity contribution in [1.29, 1.82) is 0 Å². The van der Waals surface area contributed by atoms with Gasteiger partial charge in [0.2, 0.25) is 10.0 Å². The molecule has 0 heterocycles. The van der Waals surface area contributed by atoms with Gasteiger partial charge in [-0.25, -0.2) is 13.1 Å². The highest BCUT2D eigenvalue weighted by Gasteiger charge is 2.17. The van der Waals surface area contributed by atoms with E-state index in [0.717, 1.165) is 19.3 Å². The van der Waals surface area contributed by atoms with Crippen LogP contribution >= 0.6 is 0 Å². The third kappa shape index (κ3) is 4.49. The van der Waals surface area contributed by atoms with Gasteiger partial charge >= 0.3 is 0 Å². The predicted octanol–water partition coefficient (Wildman–Crippen LogP) is 1.52. The van der Waals surface area contributed by atoms with Gasteiger partial charge in [-0.1, -0.05) is 31.9 Å².